The molecule has 0 radical (unpaired) electrons. The van der Waals surface area contributed by atoms with Crippen molar-refractivity contribution in [2.45, 2.75) is 48.9 Å². The zero-order valence-electron chi connectivity index (χ0n) is 13.3. The number of aromatic amines is 1. The number of H-pyrrole nitrogens is 1. The first-order chi connectivity index (χ1) is 11.6. The van der Waals surface area contributed by atoms with Gasteiger partial charge in [-0.25, -0.2) is 4.79 Å². The van der Waals surface area contributed by atoms with Gasteiger partial charge >= 0.3 is 5.69 Å². The Morgan fingerprint density at radius 1 is 1.25 bits per heavy atom. The molecule has 0 amide bonds. The number of aromatic nitrogens is 3. The van der Waals surface area contributed by atoms with Gasteiger partial charge in [0.2, 0.25) is 0 Å². The van der Waals surface area contributed by atoms with Crippen LogP contribution in [0.25, 0.3) is 11.0 Å². The van der Waals surface area contributed by atoms with E-state index in [1.165, 1.54) is 32.1 Å². The molecule has 4 bridgehead atoms. The molecule has 0 aromatic carbocycles. The lowest BCUT2D eigenvalue weighted by Gasteiger charge is -2.58. The quantitative estimate of drug-likeness (QED) is 0.762. The monoisotopic (exact) mass is 386 g/mol. The Morgan fingerprint density at radius 2 is 2.04 bits per heavy atom. The van der Waals surface area contributed by atoms with Crippen molar-refractivity contribution < 1.29 is 0 Å². The van der Waals surface area contributed by atoms with Gasteiger partial charge in [-0.3, -0.25) is 14.5 Å². The van der Waals surface area contributed by atoms with Crippen LogP contribution < -0.4 is 5.69 Å². The Labute approximate surface area is 147 Å². The highest BCUT2D eigenvalue weighted by Crippen LogP contribution is 2.63. The number of halogens is 1. The smallest absolute Gasteiger partial charge is 0.304 e. The van der Waals surface area contributed by atoms with Crippen molar-refractivity contribution in [1.82, 2.24) is 14.5 Å². The van der Waals surface area contributed by atoms with Crippen molar-refractivity contribution in [3.8, 4) is 0 Å². The van der Waals surface area contributed by atoms with Crippen molar-refractivity contribution >= 4 is 38.9 Å². The summed E-state index contributed by atoms with van der Waals surface area (Å²) in [6.07, 6.45) is 10.7. The summed E-state index contributed by atoms with van der Waals surface area (Å²) in [5.74, 6) is 2.03. The number of pyridine rings is 1. The van der Waals surface area contributed by atoms with Gasteiger partial charge in [0.05, 0.1) is 22.9 Å². The average molecular weight is 387 g/mol. The van der Waals surface area contributed by atoms with Crippen molar-refractivity contribution in [3.63, 3.8) is 0 Å². The average Bonchev–Trinajstić information content (AvgIpc) is 3.09. The van der Waals surface area contributed by atoms with Crippen LogP contribution in [0.4, 0.5) is 5.69 Å². The Morgan fingerprint density at radius 3 is 2.79 bits per heavy atom. The van der Waals surface area contributed by atoms with E-state index in [1.807, 2.05) is 12.4 Å². The topological polar surface area (TPSA) is 63.0 Å². The minimum atomic E-state index is 0.0170. The van der Waals surface area contributed by atoms with Crippen LogP contribution in [-0.4, -0.2) is 25.1 Å². The second-order valence-corrected chi connectivity index (χ2v) is 9.93. The molecule has 5 aliphatic rings. The summed E-state index contributed by atoms with van der Waals surface area (Å²) in [4.78, 5) is 24.9. The van der Waals surface area contributed by atoms with Crippen molar-refractivity contribution in [3.05, 3.63) is 22.4 Å². The fourth-order valence-electron chi connectivity index (χ4n) is 6.25. The van der Waals surface area contributed by atoms with Crippen LogP contribution in [0.2, 0.25) is 0 Å². The standard InChI is InChI=1S/C18H19BrN4O/c19-18-5-9-3-10(6-18)15(11(4-9)7-18)23-16-13(22-17(23)24)8-21-12-1-2-20-14(12)16/h2,8-11,15H,1,3-7H2,(H,22,24)/t9?,10-,11+,15?,18?. The molecule has 24 heavy (non-hydrogen) atoms. The number of aliphatic imine (C=N–C) groups is 1. The third kappa shape index (κ3) is 1.68. The normalized spacial score (nSPS) is 39.0. The van der Waals surface area contributed by atoms with E-state index in [0.29, 0.717) is 22.2 Å². The van der Waals surface area contributed by atoms with Crippen LogP contribution in [0.3, 0.4) is 0 Å². The van der Waals surface area contributed by atoms with Gasteiger partial charge in [0, 0.05) is 23.0 Å². The molecule has 4 saturated carbocycles. The highest BCUT2D eigenvalue weighted by Gasteiger charge is 2.55. The molecule has 2 aromatic rings. The number of hydrogen-bond acceptors (Lipinski definition) is 3. The maximum Gasteiger partial charge on any atom is 0.326 e. The van der Waals surface area contributed by atoms with E-state index in [-0.39, 0.29) is 5.69 Å². The predicted molar refractivity (Wildman–Crippen MR) is 96.5 cm³/mol. The highest BCUT2D eigenvalue weighted by atomic mass is 79.9. The van der Waals surface area contributed by atoms with E-state index in [2.05, 4.69) is 35.5 Å². The highest BCUT2D eigenvalue weighted by molar-refractivity contribution is 9.10. The first kappa shape index (κ1) is 13.8. The predicted octanol–water partition coefficient (Wildman–Crippen LogP) is 3.50. The van der Waals surface area contributed by atoms with Crippen LogP contribution in [0.15, 0.2) is 16.0 Å². The molecular weight excluding hydrogens is 368 g/mol. The molecule has 3 heterocycles. The van der Waals surface area contributed by atoms with E-state index in [9.17, 15) is 4.79 Å². The van der Waals surface area contributed by atoms with E-state index >= 15 is 0 Å². The Hall–Kier alpha value is -1.43. The number of nitrogens with zero attached hydrogens (tertiary/aromatic N) is 3. The summed E-state index contributed by atoms with van der Waals surface area (Å²) in [5.41, 5.74) is 3.74. The molecule has 0 spiro atoms. The number of rotatable bonds is 1. The molecule has 0 saturated heterocycles. The number of nitrogens with one attached hydrogen (secondary N) is 1. The first-order valence-corrected chi connectivity index (χ1v) is 9.74. The van der Waals surface area contributed by atoms with Crippen LogP contribution in [0.1, 0.15) is 43.8 Å². The largest absolute Gasteiger partial charge is 0.326 e. The fraction of sp³-hybridized carbons (Fsp3) is 0.611. The molecule has 4 fully saturated rings. The molecular formula is C18H19BrN4O. The van der Waals surface area contributed by atoms with E-state index in [4.69, 9.17) is 0 Å². The summed E-state index contributed by atoms with van der Waals surface area (Å²) in [6.45, 7) is 0. The number of imidazole rings is 1. The van der Waals surface area contributed by atoms with Gasteiger partial charge in [-0.15, -0.1) is 0 Å². The maximum absolute atomic E-state index is 12.9. The lowest BCUT2D eigenvalue weighted by atomic mass is 9.54. The van der Waals surface area contributed by atoms with Crippen LogP contribution >= 0.6 is 15.9 Å². The van der Waals surface area contributed by atoms with E-state index < -0.39 is 0 Å². The number of alkyl halides is 1. The summed E-state index contributed by atoms with van der Waals surface area (Å²) >= 11 is 4.04. The van der Waals surface area contributed by atoms with Crippen molar-refractivity contribution in [2.24, 2.45) is 22.7 Å². The summed E-state index contributed by atoms with van der Waals surface area (Å²) in [5, 5.41) is 0. The van der Waals surface area contributed by atoms with Crippen LogP contribution in [0, 0.1) is 17.8 Å². The SMILES string of the molecule is O=c1[nH]c2cnc3c(c2n1C1[C@@H]2CC4C[C@H]1CC(Br)(C4)C2)N=CC3. The fourth-order valence-corrected chi connectivity index (χ4v) is 7.54. The summed E-state index contributed by atoms with van der Waals surface area (Å²) in [6, 6.07) is 0.316. The molecule has 5 nitrogen and oxygen atoms in total. The van der Waals surface area contributed by atoms with Gasteiger partial charge in [0.15, 0.2) is 0 Å². The van der Waals surface area contributed by atoms with Gasteiger partial charge in [-0.2, -0.15) is 0 Å². The molecule has 124 valence electrons. The molecule has 7 rings (SSSR count). The third-order valence-electron chi connectivity index (χ3n) is 6.76. The molecule has 1 N–H and O–H groups in total. The molecule has 4 aliphatic carbocycles. The van der Waals surface area contributed by atoms with E-state index in [1.54, 1.807) is 0 Å². The lowest BCUT2D eigenvalue weighted by Crippen LogP contribution is -2.53. The molecule has 3 unspecified atom stereocenters. The van der Waals surface area contributed by atoms with Crippen LogP contribution in [0.5, 0.6) is 0 Å². The Kier molecular flexibility index (Phi) is 2.53. The van der Waals surface area contributed by atoms with Gasteiger partial charge < -0.3 is 4.98 Å². The molecule has 6 heteroatoms. The van der Waals surface area contributed by atoms with Crippen molar-refractivity contribution in [1.29, 1.82) is 0 Å². The van der Waals surface area contributed by atoms with Crippen LogP contribution in [-0.2, 0) is 6.42 Å². The van der Waals surface area contributed by atoms with Gasteiger partial charge in [-0.1, -0.05) is 15.9 Å². The second kappa shape index (κ2) is 4.40. The Balaban J connectivity index is 1.58. The first-order valence-electron chi connectivity index (χ1n) is 8.95. The minimum Gasteiger partial charge on any atom is -0.304 e. The summed E-state index contributed by atoms with van der Waals surface area (Å²) in [7, 11) is 0. The van der Waals surface area contributed by atoms with Gasteiger partial charge in [-0.05, 0) is 49.9 Å². The molecule has 5 atom stereocenters. The minimum absolute atomic E-state index is 0.0170. The maximum atomic E-state index is 12.9. The zero-order chi connectivity index (χ0) is 16.1. The zero-order valence-corrected chi connectivity index (χ0v) is 14.9. The Bertz CT molecular complexity index is 942. The third-order valence-corrected chi connectivity index (χ3v) is 7.73. The second-order valence-electron chi connectivity index (χ2n) is 8.24. The number of hydrogen-bond donors (Lipinski definition) is 1. The van der Waals surface area contributed by atoms with E-state index in [0.717, 1.165) is 34.8 Å². The summed E-state index contributed by atoms with van der Waals surface area (Å²) < 4.78 is 2.39. The lowest BCUT2D eigenvalue weighted by molar-refractivity contribution is -0.0109. The van der Waals surface area contributed by atoms with Crippen molar-refractivity contribution in [2.75, 3.05) is 0 Å². The molecule has 2 aromatic heterocycles. The van der Waals surface area contributed by atoms with Gasteiger partial charge in [0.25, 0.3) is 0 Å². The number of fused-ring (bicyclic) bond motifs is 3. The van der Waals surface area contributed by atoms with Gasteiger partial charge in [0.1, 0.15) is 5.69 Å². The molecule has 1 aliphatic heterocycles.